The normalized spacial score (nSPS) is 46.2. The van der Waals surface area contributed by atoms with E-state index in [1.165, 1.54) is 62.9 Å². The maximum absolute atomic E-state index is 4.74. The molecule has 0 aromatic carbocycles. The highest BCUT2D eigenvalue weighted by molar-refractivity contribution is 5.23. The second-order valence-electron chi connectivity index (χ2n) is 8.03. The van der Waals surface area contributed by atoms with Gasteiger partial charge < -0.3 is 10.3 Å². The molecular weight excluding hydrogens is 246 g/mol. The van der Waals surface area contributed by atoms with E-state index in [4.69, 9.17) is 4.98 Å². The lowest BCUT2D eigenvalue weighted by atomic mass is 9.49. The Labute approximate surface area is 120 Å². The van der Waals surface area contributed by atoms with Crippen molar-refractivity contribution in [3.8, 4) is 0 Å². The topological polar surface area (TPSA) is 40.7 Å². The second kappa shape index (κ2) is 4.09. The molecule has 1 aromatic heterocycles. The molecule has 4 bridgehead atoms. The zero-order chi connectivity index (χ0) is 13.2. The van der Waals surface area contributed by atoms with Crippen LogP contribution in [0.15, 0.2) is 6.20 Å². The molecule has 3 nitrogen and oxygen atoms in total. The zero-order valence-electron chi connectivity index (χ0n) is 12.2. The Balaban J connectivity index is 1.47. The van der Waals surface area contributed by atoms with Crippen molar-refractivity contribution in [1.29, 1.82) is 0 Å². The summed E-state index contributed by atoms with van der Waals surface area (Å²) >= 11 is 0. The molecule has 4 aliphatic carbocycles. The van der Waals surface area contributed by atoms with E-state index in [1.807, 2.05) is 0 Å². The third kappa shape index (κ3) is 1.65. The predicted octanol–water partition coefficient (Wildman–Crippen LogP) is 3.30. The van der Waals surface area contributed by atoms with Gasteiger partial charge in [-0.15, -0.1) is 0 Å². The lowest BCUT2D eigenvalue weighted by Crippen LogP contribution is -2.48. The van der Waals surface area contributed by atoms with Crippen LogP contribution >= 0.6 is 0 Å². The van der Waals surface area contributed by atoms with Gasteiger partial charge >= 0.3 is 0 Å². The third-order valence-corrected chi connectivity index (χ3v) is 6.60. The van der Waals surface area contributed by atoms with Crippen LogP contribution in [0.5, 0.6) is 0 Å². The molecule has 3 heteroatoms. The first-order valence-electron chi connectivity index (χ1n) is 8.59. The van der Waals surface area contributed by atoms with Crippen LogP contribution in [-0.4, -0.2) is 16.5 Å². The number of H-pyrrole nitrogens is 1. The Hall–Kier alpha value is -0.830. The van der Waals surface area contributed by atoms with Gasteiger partial charge in [-0.25, -0.2) is 4.98 Å². The predicted molar refractivity (Wildman–Crippen MR) is 78.4 cm³/mol. The lowest BCUT2D eigenvalue weighted by Gasteiger charge is -2.56. The van der Waals surface area contributed by atoms with E-state index in [2.05, 4.69) is 16.5 Å². The van der Waals surface area contributed by atoms with Crippen LogP contribution in [-0.2, 0) is 5.41 Å². The highest BCUT2D eigenvalue weighted by atomic mass is 15.0. The average Bonchev–Trinajstić information content (AvgIpc) is 3.09. The third-order valence-electron chi connectivity index (χ3n) is 6.60. The van der Waals surface area contributed by atoms with Gasteiger partial charge in [0.25, 0.3) is 0 Å². The Morgan fingerprint density at radius 3 is 2.35 bits per heavy atom. The minimum Gasteiger partial charge on any atom is -0.344 e. The van der Waals surface area contributed by atoms with Gasteiger partial charge in [-0.2, -0.15) is 0 Å². The van der Waals surface area contributed by atoms with Crippen LogP contribution in [0.2, 0.25) is 0 Å². The number of hydrogen-bond donors (Lipinski definition) is 2. The summed E-state index contributed by atoms with van der Waals surface area (Å²) < 4.78 is 0. The van der Waals surface area contributed by atoms with E-state index in [1.54, 1.807) is 0 Å². The molecule has 1 unspecified atom stereocenters. The Bertz CT molecular complexity index is 477. The fraction of sp³-hybridized carbons (Fsp3) is 0.824. The quantitative estimate of drug-likeness (QED) is 0.866. The summed E-state index contributed by atoms with van der Waals surface area (Å²) in [7, 11) is 0. The van der Waals surface area contributed by atoms with E-state index in [-0.39, 0.29) is 0 Å². The molecule has 5 fully saturated rings. The van der Waals surface area contributed by atoms with Crippen LogP contribution < -0.4 is 5.32 Å². The molecule has 0 spiro atoms. The van der Waals surface area contributed by atoms with Crippen molar-refractivity contribution in [2.45, 2.75) is 62.8 Å². The van der Waals surface area contributed by atoms with Gasteiger partial charge in [-0.05, 0) is 75.7 Å². The maximum Gasteiger partial charge on any atom is 0.123 e. The molecule has 108 valence electrons. The van der Waals surface area contributed by atoms with Crippen molar-refractivity contribution in [2.24, 2.45) is 17.8 Å². The molecule has 0 radical (unpaired) electrons. The standard InChI is InChI=1S/C17H25N3/c1-2-14(18-3-1)16-19-10-15(20-16)17-7-11-4-12(8-17)6-13(5-11)9-17/h10-14,18H,1-9H2,(H,19,20). The van der Waals surface area contributed by atoms with Crippen molar-refractivity contribution in [2.75, 3.05) is 6.54 Å². The largest absolute Gasteiger partial charge is 0.344 e. The summed E-state index contributed by atoms with van der Waals surface area (Å²) in [5, 5.41) is 3.57. The van der Waals surface area contributed by atoms with Crippen molar-refractivity contribution in [3.63, 3.8) is 0 Å². The van der Waals surface area contributed by atoms with Crippen molar-refractivity contribution in [1.82, 2.24) is 15.3 Å². The monoisotopic (exact) mass is 271 g/mol. The van der Waals surface area contributed by atoms with E-state index in [9.17, 15) is 0 Å². The highest BCUT2D eigenvalue weighted by Gasteiger charge is 2.52. The average molecular weight is 271 g/mol. The Kier molecular flexibility index (Phi) is 2.41. The Morgan fingerprint density at radius 2 is 1.75 bits per heavy atom. The van der Waals surface area contributed by atoms with Gasteiger partial charge in [-0.3, -0.25) is 0 Å². The number of nitrogens with zero attached hydrogens (tertiary/aromatic N) is 1. The van der Waals surface area contributed by atoms with E-state index < -0.39 is 0 Å². The first kappa shape index (κ1) is 11.8. The number of aromatic nitrogens is 2. The molecule has 1 aliphatic heterocycles. The van der Waals surface area contributed by atoms with Crippen molar-refractivity contribution in [3.05, 3.63) is 17.7 Å². The summed E-state index contributed by atoms with van der Waals surface area (Å²) in [6.45, 7) is 1.15. The lowest BCUT2D eigenvalue weighted by molar-refractivity contribution is -0.00707. The molecule has 1 atom stereocenters. The minimum atomic E-state index is 0.471. The SMILES string of the molecule is c1nc(C2CCCN2)[nH]c1C12CC3CC(CC(C3)C1)C2. The summed E-state index contributed by atoms with van der Waals surface area (Å²) in [6, 6.07) is 0.484. The zero-order valence-corrected chi connectivity index (χ0v) is 12.2. The number of rotatable bonds is 2. The first-order chi connectivity index (χ1) is 9.81. The van der Waals surface area contributed by atoms with Crippen LogP contribution in [0.25, 0.3) is 0 Å². The Morgan fingerprint density at radius 1 is 1.05 bits per heavy atom. The van der Waals surface area contributed by atoms with Gasteiger partial charge in [0, 0.05) is 17.3 Å². The number of aromatic amines is 1. The first-order valence-corrected chi connectivity index (χ1v) is 8.59. The molecule has 2 N–H and O–H groups in total. The fourth-order valence-corrected chi connectivity index (χ4v) is 6.14. The van der Waals surface area contributed by atoms with Gasteiger partial charge in [0.1, 0.15) is 5.82 Å². The maximum atomic E-state index is 4.74. The van der Waals surface area contributed by atoms with E-state index >= 15 is 0 Å². The molecule has 20 heavy (non-hydrogen) atoms. The van der Waals surface area contributed by atoms with Gasteiger partial charge in [-0.1, -0.05) is 0 Å². The van der Waals surface area contributed by atoms with Crippen LogP contribution in [0.1, 0.15) is 68.9 Å². The van der Waals surface area contributed by atoms with Gasteiger partial charge in [0.15, 0.2) is 0 Å². The molecule has 0 amide bonds. The van der Waals surface area contributed by atoms with Gasteiger partial charge in [0.2, 0.25) is 0 Å². The van der Waals surface area contributed by atoms with Crippen LogP contribution in [0.3, 0.4) is 0 Å². The van der Waals surface area contributed by atoms with E-state index in [0.717, 1.165) is 24.3 Å². The number of hydrogen-bond acceptors (Lipinski definition) is 2. The number of nitrogens with one attached hydrogen (secondary N) is 2. The molecular formula is C17H25N3. The molecule has 2 heterocycles. The highest BCUT2D eigenvalue weighted by Crippen LogP contribution is 2.60. The molecule has 5 aliphatic rings. The molecule has 1 aromatic rings. The second-order valence-corrected chi connectivity index (χ2v) is 8.03. The van der Waals surface area contributed by atoms with E-state index in [0.29, 0.717) is 11.5 Å². The van der Waals surface area contributed by atoms with Crippen molar-refractivity contribution < 1.29 is 0 Å². The molecule has 1 saturated heterocycles. The smallest absolute Gasteiger partial charge is 0.123 e. The van der Waals surface area contributed by atoms with Crippen LogP contribution in [0, 0.1) is 17.8 Å². The fourth-order valence-electron chi connectivity index (χ4n) is 6.14. The summed E-state index contributed by atoms with van der Waals surface area (Å²) in [4.78, 5) is 8.48. The summed E-state index contributed by atoms with van der Waals surface area (Å²) in [5.41, 5.74) is 1.94. The van der Waals surface area contributed by atoms with Crippen molar-refractivity contribution >= 4 is 0 Å². The minimum absolute atomic E-state index is 0.471. The summed E-state index contributed by atoms with van der Waals surface area (Å²) in [6.07, 6.45) is 13.6. The molecule has 4 saturated carbocycles. The molecule has 6 rings (SSSR count). The summed E-state index contributed by atoms with van der Waals surface area (Å²) in [5.74, 6) is 4.24. The van der Waals surface area contributed by atoms with Gasteiger partial charge in [0.05, 0.1) is 6.04 Å². The number of imidazole rings is 1. The van der Waals surface area contributed by atoms with Crippen LogP contribution in [0.4, 0.5) is 0 Å².